The normalized spacial score (nSPS) is 13.3. The minimum atomic E-state index is -1.63. The summed E-state index contributed by atoms with van der Waals surface area (Å²) in [5.41, 5.74) is 0. The van der Waals surface area contributed by atoms with Crippen molar-refractivity contribution in [1.29, 1.82) is 0 Å². The molecule has 0 saturated heterocycles. The van der Waals surface area contributed by atoms with Crippen LogP contribution in [0, 0.1) is 0 Å². The van der Waals surface area contributed by atoms with Crippen molar-refractivity contribution in [1.82, 2.24) is 0 Å². The zero-order valence-corrected chi connectivity index (χ0v) is 58.5. The molecule has 2 unspecified atom stereocenters. The zero-order chi connectivity index (χ0) is 64.7. The van der Waals surface area contributed by atoms with Gasteiger partial charge in [0.1, 0.15) is 13.2 Å². The fourth-order valence-corrected chi connectivity index (χ4v) is 10.4. The average molecular weight is 1240 g/mol. The molecule has 0 aliphatic carbocycles. The lowest BCUT2D eigenvalue weighted by molar-refractivity contribution is -0.870. The molecule has 0 saturated carbocycles. The number of carbonyl (C=O) groups is 3. The molecule has 9 heteroatoms. The molecule has 0 rings (SSSR count). The highest BCUT2D eigenvalue weighted by molar-refractivity contribution is 5.70. The van der Waals surface area contributed by atoms with Gasteiger partial charge in [-0.25, -0.2) is 0 Å². The summed E-state index contributed by atoms with van der Waals surface area (Å²) >= 11 is 0. The van der Waals surface area contributed by atoms with Crippen LogP contribution in [0.25, 0.3) is 0 Å². The Morgan fingerprint density at radius 3 is 0.955 bits per heavy atom. The van der Waals surface area contributed by atoms with E-state index >= 15 is 0 Å². The van der Waals surface area contributed by atoms with Crippen molar-refractivity contribution in [2.45, 2.75) is 334 Å². The molecular weight excluding hydrogens is 1100 g/mol. The van der Waals surface area contributed by atoms with Crippen molar-refractivity contribution in [3.63, 3.8) is 0 Å². The highest BCUT2D eigenvalue weighted by atomic mass is 16.7. The van der Waals surface area contributed by atoms with Gasteiger partial charge in [0.15, 0.2) is 12.4 Å². The standard InChI is InChI=1S/C80H139NO8/c1-6-8-10-12-14-16-18-20-22-24-26-28-30-32-34-36-37-38-39-40-41-43-45-47-49-51-53-55-57-59-61-63-65-67-69-71-78(83)89-76(75-88-80(79(84)85)86-73-72-81(3,4)5)74-87-77(82)70-68-66-64-62-60-58-56-54-52-50-48-46-44-42-35-33-31-29-27-25-23-21-19-17-15-13-11-9-7-2/h8,10,14,16,19-22,25-28,32,34,37-38,40-41,76,80H,6-7,9,11-13,15,17-18,23-24,29-31,33,35-36,39,42-75H2,1-5H3/b10-8-,16-14-,21-19-,22-20-,27-25-,28-26-,34-32-,38-37-,41-40-. The average Bonchev–Trinajstić information content (AvgIpc) is 3.64. The summed E-state index contributed by atoms with van der Waals surface area (Å²) in [6, 6.07) is 0. The van der Waals surface area contributed by atoms with Gasteiger partial charge >= 0.3 is 11.9 Å². The third kappa shape index (κ3) is 71.3. The number of allylic oxidation sites excluding steroid dienone is 18. The Labute approximate surface area is 549 Å². The number of likely N-dealkylation sites (N-methyl/N-ethyl adjacent to an activating group) is 1. The van der Waals surface area contributed by atoms with Crippen molar-refractivity contribution in [3.05, 3.63) is 109 Å². The zero-order valence-electron chi connectivity index (χ0n) is 58.5. The molecule has 0 aromatic heterocycles. The van der Waals surface area contributed by atoms with Crippen LogP contribution in [0.15, 0.2) is 109 Å². The first-order chi connectivity index (χ1) is 43.6. The number of quaternary nitrogens is 1. The summed E-state index contributed by atoms with van der Waals surface area (Å²) in [6.07, 6.45) is 94.6. The van der Waals surface area contributed by atoms with E-state index in [1.807, 2.05) is 21.1 Å². The van der Waals surface area contributed by atoms with Crippen molar-refractivity contribution in [2.24, 2.45) is 0 Å². The van der Waals surface area contributed by atoms with Gasteiger partial charge in [-0.1, -0.05) is 316 Å². The molecular formula is C80H139NO8. The Balaban J connectivity index is 4.09. The number of rotatable bonds is 68. The SMILES string of the molecule is CC/C=C\C/C=C\C/C=C\C/C=C\C/C=C\C/C=C\C/C=C\CCCCCCCCCCCCCCCC(=O)OC(COC(=O)CCCCCCCCCCCCCCCCCCC/C=C\C/C=C\CCCCCCC)COC(OCC[N+](C)(C)C)C(=O)[O-]. The minimum Gasteiger partial charge on any atom is -0.545 e. The lowest BCUT2D eigenvalue weighted by Crippen LogP contribution is -2.44. The maximum Gasteiger partial charge on any atom is 0.306 e. The monoisotopic (exact) mass is 1240 g/mol. The Hall–Kier alpha value is -4.05. The lowest BCUT2D eigenvalue weighted by Gasteiger charge is -2.26. The predicted molar refractivity (Wildman–Crippen MR) is 380 cm³/mol. The van der Waals surface area contributed by atoms with Crippen LogP contribution in [0.4, 0.5) is 0 Å². The Morgan fingerprint density at radius 2 is 0.640 bits per heavy atom. The van der Waals surface area contributed by atoms with Crippen LogP contribution in [0.2, 0.25) is 0 Å². The van der Waals surface area contributed by atoms with E-state index in [1.54, 1.807) is 0 Å². The molecule has 0 aliphatic heterocycles. The highest BCUT2D eigenvalue weighted by Gasteiger charge is 2.22. The number of hydrogen-bond acceptors (Lipinski definition) is 8. The summed E-state index contributed by atoms with van der Waals surface area (Å²) < 4.78 is 22.8. The first-order valence-corrected chi connectivity index (χ1v) is 37.0. The topological polar surface area (TPSA) is 111 Å². The van der Waals surface area contributed by atoms with Gasteiger partial charge in [-0.2, -0.15) is 0 Å². The summed E-state index contributed by atoms with van der Waals surface area (Å²) in [5, 5.41) is 11.8. The molecule has 0 heterocycles. The van der Waals surface area contributed by atoms with E-state index in [9.17, 15) is 19.5 Å². The maximum absolute atomic E-state index is 13.0. The van der Waals surface area contributed by atoms with Crippen LogP contribution in [0.3, 0.4) is 0 Å². The molecule has 9 nitrogen and oxygen atoms in total. The fraction of sp³-hybridized carbons (Fsp3) is 0.738. The van der Waals surface area contributed by atoms with Gasteiger partial charge in [-0.05, 0) is 103 Å². The van der Waals surface area contributed by atoms with E-state index in [1.165, 1.54) is 199 Å². The first kappa shape index (κ1) is 85.0. The smallest absolute Gasteiger partial charge is 0.306 e. The highest BCUT2D eigenvalue weighted by Crippen LogP contribution is 2.18. The van der Waals surface area contributed by atoms with E-state index in [2.05, 4.69) is 123 Å². The Kier molecular flexibility index (Phi) is 66.7. The minimum absolute atomic E-state index is 0.145. The Morgan fingerprint density at radius 1 is 0.348 bits per heavy atom. The molecule has 0 fully saturated rings. The lowest BCUT2D eigenvalue weighted by atomic mass is 10.0. The van der Waals surface area contributed by atoms with Crippen LogP contribution in [-0.4, -0.2) is 82.3 Å². The number of carbonyl (C=O) groups excluding carboxylic acids is 3. The van der Waals surface area contributed by atoms with E-state index in [0.29, 0.717) is 23.9 Å². The molecule has 512 valence electrons. The molecule has 0 aliphatic rings. The van der Waals surface area contributed by atoms with Crippen LogP contribution in [-0.2, 0) is 33.3 Å². The number of carboxylic acid groups (broad SMARTS) is 1. The van der Waals surface area contributed by atoms with Gasteiger partial charge in [0.25, 0.3) is 0 Å². The summed E-state index contributed by atoms with van der Waals surface area (Å²) in [6.45, 7) is 4.65. The second-order valence-corrected chi connectivity index (χ2v) is 25.9. The number of carboxylic acids is 1. The van der Waals surface area contributed by atoms with Crippen molar-refractivity contribution in [3.8, 4) is 0 Å². The molecule has 0 spiro atoms. The molecule has 0 amide bonds. The van der Waals surface area contributed by atoms with Crippen LogP contribution < -0.4 is 5.11 Å². The number of ether oxygens (including phenoxy) is 4. The van der Waals surface area contributed by atoms with Crippen molar-refractivity contribution >= 4 is 17.9 Å². The van der Waals surface area contributed by atoms with E-state index in [0.717, 1.165) is 89.9 Å². The van der Waals surface area contributed by atoms with Gasteiger partial charge in [0, 0.05) is 12.8 Å². The molecule has 89 heavy (non-hydrogen) atoms. The van der Waals surface area contributed by atoms with E-state index in [-0.39, 0.29) is 32.2 Å². The molecule has 2 atom stereocenters. The number of unbranched alkanes of at least 4 members (excludes halogenated alkanes) is 35. The number of aliphatic carboxylic acids is 1. The summed E-state index contributed by atoms with van der Waals surface area (Å²) in [4.78, 5) is 37.6. The molecule has 0 aromatic carbocycles. The number of hydrogen-bond donors (Lipinski definition) is 0. The van der Waals surface area contributed by atoms with Crippen molar-refractivity contribution < 1.29 is 42.9 Å². The fourth-order valence-electron chi connectivity index (χ4n) is 10.4. The summed E-state index contributed by atoms with van der Waals surface area (Å²) in [5.74, 6) is -2.27. The predicted octanol–water partition coefficient (Wildman–Crippen LogP) is 22.0. The first-order valence-electron chi connectivity index (χ1n) is 37.0. The second-order valence-electron chi connectivity index (χ2n) is 25.9. The Bertz CT molecular complexity index is 1830. The van der Waals surface area contributed by atoms with Gasteiger partial charge in [0.05, 0.1) is 40.3 Å². The van der Waals surface area contributed by atoms with Crippen molar-refractivity contribution in [2.75, 3.05) is 47.5 Å². The van der Waals surface area contributed by atoms with Crippen LogP contribution in [0.5, 0.6) is 0 Å². The van der Waals surface area contributed by atoms with Gasteiger partial charge in [-0.15, -0.1) is 0 Å². The number of esters is 2. The van der Waals surface area contributed by atoms with Gasteiger partial charge < -0.3 is 33.3 Å². The molecule has 0 aromatic rings. The molecule has 0 N–H and O–H groups in total. The van der Waals surface area contributed by atoms with E-state index < -0.39 is 24.3 Å². The van der Waals surface area contributed by atoms with E-state index in [4.69, 9.17) is 18.9 Å². The maximum atomic E-state index is 13.0. The van der Waals surface area contributed by atoms with Gasteiger partial charge in [-0.3, -0.25) is 9.59 Å². The molecule has 0 radical (unpaired) electrons. The second kappa shape index (κ2) is 69.8. The van der Waals surface area contributed by atoms with Crippen LogP contribution >= 0.6 is 0 Å². The number of nitrogens with zero attached hydrogens (tertiary/aromatic N) is 1. The molecule has 0 bridgehead atoms. The van der Waals surface area contributed by atoms with Gasteiger partial charge in [0.2, 0.25) is 0 Å². The largest absolute Gasteiger partial charge is 0.545 e. The third-order valence-corrected chi connectivity index (χ3v) is 16.0. The van der Waals surface area contributed by atoms with Crippen LogP contribution in [0.1, 0.15) is 322 Å². The summed E-state index contributed by atoms with van der Waals surface area (Å²) in [7, 11) is 5.94. The quantitative estimate of drug-likeness (QED) is 0.0195. The third-order valence-electron chi connectivity index (χ3n) is 16.0.